The van der Waals surface area contributed by atoms with Crippen LogP contribution in [0.5, 0.6) is 0 Å². The van der Waals surface area contributed by atoms with Crippen LogP contribution in [-0.4, -0.2) is 22.7 Å². The smallest absolute Gasteiger partial charge is 0.387 e. The molecule has 1 amide bonds. The first-order valence-electron chi connectivity index (χ1n) is 6.34. The fourth-order valence-electron chi connectivity index (χ4n) is 1.77. The standard InChI is InChI=1S/C14H13F3N2O3/c1-8-6-11(19-22-8)13(21)18-7-12(20)9-2-4-10(5-3-9)14(15,16)17/h2-6,12,20H,7H2,1H3,(H,18,21). The zero-order chi connectivity index (χ0) is 16.3. The molecule has 1 aromatic heterocycles. The lowest BCUT2D eigenvalue weighted by molar-refractivity contribution is -0.137. The molecule has 2 rings (SSSR count). The molecule has 0 aliphatic carbocycles. The number of nitrogens with zero attached hydrogens (tertiary/aromatic N) is 1. The van der Waals surface area contributed by atoms with Crippen LogP contribution in [0.25, 0.3) is 0 Å². The fourth-order valence-corrected chi connectivity index (χ4v) is 1.77. The third-order valence-electron chi connectivity index (χ3n) is 2.94. The summed E-state index contributed by atoms with van der Waals surface area (Å²) in [5, 5.41) is 15.8. The second-order valence-corrected chi connectivity index (χ2v) is 4.67. The van der Waals surface area contributed by atoms with Gasteiger partial charge in [-0.1, -0.05) is 17.3 Å². The summed E-state index contributed by atoms with van der Waals surface area (Å²) in [5.41, 5.74) is -0.465. The molecule has 1 atom stereocenters. The normalized spacial score (nSPS) is 13.0. The van der Waals surface area contributed by atoms with Gasteiger partial charge in [-0.3, -0.25) is 4.79 Å². The highest BCUT2D eigenvalue weighted by Gasteiger charge is 2.30. The average molecular weight is 314 g/mol. The van der Waals surface area contributed by atoms with E-state index < -0.39 is 23.8 Å². The maximum absolute atomic E-state index is 12.4. The lowest BCUT2D eigenvalue weighted by atomic mass is 10.1. The van der Waals surface area contributed by atoms with Gasteiger partial charge in [0.25, 0.3) is 5.91 Å². The highest BCUT2D eigenvalue weighted by molar-refractivity contribution is 5.92. The Bertz CT molecular complexity index is 650. The van der Waals surface area contributed by atoms with Gasteiger partial charge in [0, 0.05) is 12.6 Å². The van der Waals surface area contributed by atoms with Crippen molar-refractivity contribution in [3.05, 3.63) is 52.9 Å². The van der Waals surface area contributed by atoms with Gasteiger partial charge in [0.15, 0.2) is 5.69 Å². The number of hydrogen-bond donors (Lipinski definition) is 2. The summed E-state index contributed by atoms with van der Waals surface area (Å²) in [7, 11) is 0. The van der Waals surface area contributed by atoms with Crippen LogP contribution in [0.3, 0.4) is 0 Å². The largest absolute Gasteiger partial charge is 0.416 e. The molecule has 2 N–H and O–H groups in total. The molecule has 0 aliphatic heterocycles. The van der Waals surface area contributed by atoms with Crippen LogP contribution in [0, 0.1) is 6.92 Å². The molecule has 2 aromatic rings. The Morgan fingerprint density at radius 3 is 2.50 bits per heavy atom. The van der Waals surface area contributed by atoms with Crippen molar-refractivity contribution < 1.29 is 27.6 Å². The number of aryl methyl sites for hydroxylation is 1. The summed E-state index contributed by atoms with van der Waals surface area (Å²) >= 11 is 0. The number of amides is 1. The lowest BCUT2D eigenvalue weighted by Crippen LogP contribution is -2.28. The van der Waals surface area contributed by atoms with Gasteiger partial charge >= 0.3 is 6.18 Å². The second kappa shape index (κ2) is 6.18. The Morgan fingerprint density at radius 1 is 1.36 bits per heavy atom. The molecule has 0 saturated heterocycles. The van der Waals surface area contributed by atoms with Gasteiger partial charge in [0.2, 0.25) is 0 Å². The van der Waals surface area contributed by atoms with Gasteiger partial charge in [0.05, 0.1) is 11.7 Å². The van der Waals surface area contributed by atoms with E-state index >= 15 is 0 Å². The van der Waals surface area contributed by atoms with Crippen molar-refractivity contribution in [1.29, 1.82) is 0 Å². The van der Waals surface area contributed by atoms with Crippen molar-refractivity contribution in [2.75, 3.05) is 6.54 Å². The number of benzene rings is 1. The lowest BCUT2D eigenvalue weighted by Gasteiger charge is -2.13. The highest BCUT2D eigenvalue weighted by Crippen LogP contribution is 2.29. The van der Waals surface area contributed by atoms with Crippen LogP contribution in [0.2, 0.25) is 0 Å². The van der Waals surface area contributed by atoms with Crippen LogP contribution in [0.15, 0.2) is 34.9 Å². The van der Waals surface area contributed by atoms with E-state index in [0.717, 1.165) is 12.1 Å². The van der Waals surface area contributed by atoms with Crippen molar-refractivity contribution >= 4 is 5.91 Å². The molecule has 1 aromatic carbocycles. The van der Waals surface area contributed by atoms with Gasteiger partial charge in [-0.25, -0.2) is 0 Å². The molecular weight excluding hydrogens is 301 g/mol. The summed E-state index contributed by atoms with van der Waals surface area (Å²) in [5.74, 6) is -0.0729. The first kappa shape index (κ1) is 16.0. The van der Waals surface area contributed by atoms with Gasteiger partial charge in [0.1, 0.15) is 5.76 Å². The molecule has 8 heteroatoms. The van der Waals surface area contributed by atoms with E-state index in [0.29, 0.717) is 5.76 Å². The Hall–Kier alpha value is -2.35. The van der Waals surface area contributed by atoms with Gasteiger partial charge in [-0.05, 0) is 24.6 Å². The van der Waals surface area contributed by atoms with E-state index in [2.05, 4.69) is 10.5 Å². The molecule has 1 unspecified atom stereocenters. The molecule has 22 heavy (non-hydrogen) atoms. The van der Waals surface area contributed by atoms with Gasteiger partial charge in [-0.2, -0.15) is 13.2 Å². The first-order valence-corrected chi connectivity index (χ1v) is 6.34. The number of aliphatic hydroxyl groups excluding tert-OH is 1. The molecule has 0 spiro atoms. The van der Waals surface area contributed by atoms with Crippen LogP contribution in [0.1, 0.15) is 33.5 Å². The Balaban J connectivity index is 1.95. The van der Waals surface area contributed by atoms with E-state index in [-0.39, 0.29) is 17.8 Å². The van der Waals surface area contributed by atoms with E-state index in [1.807, 2.05) is 0 Å². The third kappa shape index (κ3) is 3.85. The van der Waals surface area contributed by atoms with Crippen molar-refractivity contribution in [2.45, 2.75) is 19.2 Å². The van der Waals surface area contributed by atoms with E-state index in [9.17, 15) is 23.1 Å². The molecular formula is C14H13F3N2O3. The molecule has 118 valence electrons. The molecule has 0 bridgehead atoms. The van der Waals surface area contributed by atoms with Crippen molar-refractivity contribution in [3.8, 4) is 0 Å². The van der Waals surface area contributed by atoms with Crippen molar-refractivity contribution in [3.63, 3.8) is 0 Å². The Labute approximate surface area is 123 Å². The molecule has 1 heterocycles. The predicted molar refractivity (Wildman–Crippen MR) is 70.0 cm³/mol. The number of aliphatic hydroxyl groups is 1. The number of hydrogen-bond acceptors (Lipinski definition) is 4. The Morgan fingerprint density at radius 2 is 2.00 bits per heavy atom. The summed E-state index contributed by atoms with van der Waals surface area (Å²) in [6.45, 7) is 1.47. The minimum Gasteiger partial charge on any atom is -0.387 e. The quantitative estimate of drug-likeness (QED) is 0.909. The zero-order valence-electron chi connectivity index (χ0n) is 11.5. The molecule has 5 nitrogen and oxygen atoms in total. The zero-order valence-corrected chi connectivity index (χ0v) is 11.5. The summed E-state index contributed by atoms with van der Waals surface area (Å²) in [6, 6.07) is 5.52. The average Bonchev–Trinajstić information content (AvgIpc) is 2.90. The van der Waals surface area contributed by atoms with Crippen LogP contribution in [0.4, 0.5) is 13.2 Å². The fraction of sp³-hybridized carbons (Fsp3) is 0.286. The molecule has 0 saturated carbocycles. The molecule has 0 aliphatic rings. The topological polar surface area (TPSA) is 75.4 Å². The number of rotatable bonds is 4. The van der Waals surface area contributed by atoms with Crippen LogP contribution in [-0.2, 0) is 6.18 Å². The minimum absolute atomic E-state index is 0.0668. The first-order chi connectivity index (χ1) is 10.3. The predicted octanol–water partition coefficient (Wildman–Crippen LogP) is 2.47. The molecule has 0 radical (unpaired) electrons. The summed E-state index contributed by atoms with van der Waals surface area (Å²) in [4.78, 5) is 11.7. The maximum atomic E-state index is 12.4. The highest BCUT2D eigenvalue weighted by atomic mass is 19.4. The third-order valence-corrected chi connectivity index (χ3v) is 2.94. The number of aromatic nitrogens is 1. The van der Waals surface area contributed by atoms with Crippen molar-refractivity contribution in [2.24, 2.45) is 0 Å². The van der Waals surface area contributed by atoms with Crippen LogP contribution < -0.4 is 5.32 Å². The summed E-state index contributed by atoms with van der Waals surface area (Å²) < 4.78 is 42.0. The van der Waals surface area contributed by atoms with E-state index in [1.54, 1.807) is 6.92 Å². The van der Waals surface area contributed by atoms with E-state index in [1.165, 1.54) is 18.2 Å². The minimum atomic E-state index is -4.43. The number of alkyl halides is 3. The van der Waals surface area contributed by atoms with Gasteiger partial charge < -0.3 is 14.9 Å². The van der Waals surface area contributed by atoms with Gasteiger partial charge in [-0.15, -0.1) is 0 Å². The number of carbonyl (C=O) groups excluding carboxylic acids is 1. The van der Waals surface area contributed by atoms with E-state index in [4.69, 9.17) is 4.52 Å². The van der Waals surface area contributed by atoms with Crippen molar-refractivity contribution in [1.82, 2.24) is 10.5 Å². The number of nitrogens with one attached hydrogen (secondary N) is 1. The molecule has 0 fully saturated rings. The second-order valence-electron chi connectivity index (χ2n) is 4.67. The van der Waals surface area contributed by atoms with Crippen LogP contribution >= 0.6 is 0 Å². The SMILES string of the molecule is Cc1cc(C(=O)NCC(O)c2ccc(C(F)(F)F)cc2)no1. The Kier molecular flexibility index (Phi) is 4.51. The maximum Gasteiger partial charge on any atom is 0.416 e. The summed E-state index contributed by atoms with van der Waals surface area (Å²) in [6.07, 6.45) is -5.55. The number of carbonyl (C=O) groups is 1. The number of halogens is 3. The monoisotopic (exact) mass is 314 g/mol.